The number of rotatable bonds is 4. The van der Waals surface area contributed by atoms with Gasteiger partial charge in [-0.3, -0.25) is 14.0 Å². The first-order valence-corrected chi connectivity index (χ1v) is 8.62. The summed E-state index contributed by atoms with van der Waals surface area (Å²) in [6, 6.07) is 3.22. The molecule has 0 N–H and O–H groups in total. The summed E-state index contributed by atoms with van der Waals surface area (Å²) in [7, 11) is 0. The van der Waals surface area contributed by atoms with Crippen molar-refractivity contribution in [2.24, 2.45) is 0 Å². The molecule has 1 aromatic carbocycles. The predicted molar refractivity (Wildman–Crippen MR) is 88.6 cm³/mol. The Morgan fingerprint density at radius 3 is 2.88 bits per heavy atom. The molecule has 128 valence electrons. The SMILES string of the molecule is O=C(c1cnc2sccn2c1=O)N(Cc1ccc(F)cc1F)C1CC1. The van der Waals surface area contributed by atoms with Crippen molar-refractivity contribution in [2.45, 2.75) is 25.4 Å². The van der Waals surface area contributed by atoms with E-state index in [0.29, 0.717) is 4.96 Å². The molecule has 1 aliphatic rings. The monoisotopic (exact) mass is 361 g/mol. The number of hydrogen-bond acceptors (Lipinski definition) is 4. The van der Waals surface area contributed by atoms with Gasteiger partial charge in [-0.05, 0) is 18.9 Å². The van der Waals surface area contributed by atoms with Gasteiger partial charge < -0.3 is 4.90 Å². The second-order valence-electron chi connectivity index (χ2n) is 5.93. The molecule has 0 atom stereocenters. The van der Waals surface area contributed by atoms with Gasteiger partial charge in [-0.1, -0.05) is 6.07 Å². The lowest BCUT2D eigenvalue weighted by Gasteiger charge is -2.22. The largest absolute Gasteiger partial charge is 0.331 e. The molecule has 0 unspecified atom stereocenters. The Labute approximate surface area is 145 Å². The molecule has 4 rings (SSSR count). The van der Waals surface area contributed by atoms with E-state index in [9.17, 15) is 18.4 Å². The maximum Gasteiger partial charge on any atom is 0.271 e. The van der Waals surface area contributed by atoms with E-state index < -0.39 is 23.1 Å². The molecule has 25 heavy (non-hydrogen) atoms. The normalized spacial score (nSPS) is 14.0. The fraction of sp³-hybridized carbons (Fsp3) is 0.235. The van der Waals surface area contributed by atoms with Crippen molar-refractivity contribution < 1.29 is 13.6 Å². The minimum atomic E-state index is -0.707. The van der Waals surface area contributed by atoms with Crippen LogP contribution in [-0.4, -0.2) is 26.2 Å². The standard InChI is InChI=1S/C17H13F2N3O2S/c18-11-2-1-10(14(19)7-11)9-22(12-3-4-12)16(24)13-8-20-17-21(15(13)23)5-6-25-17/h1-2,5-8,12H,3-4,9H2. The van der Waals surface area contributed by atoms with Gasteiger partial charge in [0.05, 0.1) is 0 Å². The van der Waals surface area contributed by atoms with Crippen LogP contribution in [0.1, 0.15) is 28.8 Å². The number of carbonyl (C=O) groups is 1. The maximum absolute atomic E-state index is 14.0. The van der Waals surface area contributed by atoms with Crippen LogP contribution < -0.4 is 5.56 Å². The summed E-state index contributed by atoms with van der Waals surface area (Å²) in [6.45, 7) is -0.0125. The Balaban J connectivity index is 1.69. The first kappa shape index (κ1) is 15.9. The lowest BCUT2D eigenvalue weighted by molar-refractivity contribution is 0.0726. The number of benzene rings is 1. The first-order valence-electron chi connectivity index (χ1n) is 7.74. The third-order valence-electron chi connectivity index (χ3n) is 4.18. The number of carbonyl (C=O) groups excluding carboxylic acids is 1. The molecule has 0 aliphatic heterocycles. The zero-order valence-corrected chi connectivity index (χ0v) is 13.8. The van der Waals surface area contributed by atoms with Gasteiger partial charge in [0, 0.05) is 42.0 Å². The molecule has 1 aliphatic carbocycles. The zero-order valence-electron chi connectivity index (χ0n) is 13.0. The van der Waals surface area contributed by atoms with E-state index in [0.717, 1.165) is 25.0 Å². The Bertz CT molecular complexity index is 1030. The second kappa shape index (κ2) is 6.03. The summed E-state index contributed by atoms with van der Waals surface area (Å²) in [6.07, 6.45) is 4.42. The minimum absolute atomic E-state index is 0.0125. The minimum Gasteiger partial charge on any atom is -0.331 e. The van der Waals surface area contributed by atoms with Gasteiger partial charge in [-0.25, -0.2) is 13.8 Å². The van der Waals surface area contributed by atoms with E-state index in [1.165, 1.54) is 32.9 Å². The van der Waals surface area contributed by atoms with E-state index in [2.05, 4.69) is 4.98 Å². The molecule has 1 amide bonds. The van der Waals surface area contributed by atoms with Crippen LogP contribution in [0.5, 0.6) is 0 Å². The summed E-state index contributed by atoms with van der Waals surface area (Å²) in [4.78, 5) is 31.5. The molecular formula is C17H13F2N3O2S. The van der Waals surface area contributed by atoms with Gasteiger partial charge in [0.2, 0.25) is 0 Å². The highest BCUT2D eigenvalue weighted by Crippen LogP contribution is 2.30. The average Bonchev–Trinajstić information content (AvgIpc) is 3.30. The molecule has 0 bridgehead atoms. The number of aromatic nitrogens is 2. The lowest BCUT2D eigenvalue weighted by atomic mass is 10.1. The van der Waals surface area contributed by atoms with Crippen LogP contribution in [0.15, 0.2) is 40.8 Å². The number of thiazole rings is 1. The Kier molecular flexibility index (Phi) is 3.84. The van der Waals surface area contributed by atoms with Gasteiger partial charge in [-0.2, -0.15) is 0 Å². The van der Waals surface area contributed by atoms with E-state index in [1.54, 1.807) is 11.6 Å². The van der Waals surface area contributed by atoms with Crippen LogP contribution >= 0.6 is 11.3 Å². The van der Waals surface area contributed by atoms with Crippen LogP contribution in [0.25, 0.3) is 4.96 Å². The van der Waals surface area contributed by atoms with Crippen molar-refractivity contribution in [3.63, 3.8) is 0 Å². The van der Waals surface area contributed by atoms with Gasteiger partial charge in [-0.15, -0.1) is 11.3 Å². The van der Waals surface area contributed by atoms with E-state index in [-0.39, 0.29) is 23.7 Å². The molecule has 1 fully saturated rings. The smallest absolute Gasteiger partial charge is 0.271 e. The Hall–Kier alpha value is -2.61. The quantitative estimate of drug-likeness (QED) is 0.718. The van der Waals surface area contributed by atoms with Crippen LogP contribution in [0.4, 0.5) is 8.78 Å². The van der Waals surface area contributed by atoms with Gasteiger partial charge >= 0.3 is 0 Å². The molecule has 1 saturated carbocycles. The van der Waals surface area contributed by atoms with E-state index in [4.69, 9.17) is 0 Å². The molecular weight excluding hydrogens is 348 g/mol. The van der Waals surface area contributed by atoms with E-state index >= 15 is 0 Å². The van der Waals surface area contributed by atoms with Crippen LogP contribution in [0.2, 0.25) is 0 Å². The van der Waals surface area contributed by atoms with Crippen LogP contribution in [0, 0.1) is 11.6 Å². The molecule has 2 heterocycles. The first-order chi connectivity index (χ1) is 12.0. The molecule has 2 aromatic heterocycles. The van der Waals surface area contributed by atoms with Crippen LogP contribution in [0.3, 0.4) is 0 Å². The second-order valence-corrected chi connectivity index (χ2v) is 6.81. The summed E-state index contributed by atoms with van der Waals surface area (Å²) in [5.74, 6) is -1.86. The predicted octanol–water partition coefficient (Wildman–Crippen LogP) is 2.84. The number of amides is 1. The van der Waals surface area contributed by atoms with Crippen molar-refractivity contribution in [2.75, 3.05) is 0 Å². The van der Waals surface area contributed by atoms with Crippen molar-refractivity contribution in [3.05, 3.63) is 69.1 Å². The topological polar surface area (TPSA) is 54.7 Å². The molecule has 3 aromatic rings. The third-order valence-corrected chi connectivity index (χ3v) is 4.95. The Morgan fingerprint density at radius 1 is 1.36 bits per heavy atom. The van der Waals surface area contributed by atoms with Crippen molar-refractivity contribution >= 4 is 22.2 Å². The average molecular weight is 361 g/mol. The third kappa shape index (κ3) is 2.93. The van der Waals surface area contributed by atoms with Gasteiger partial charge in [0.1, 0.15) is 17.2 Å². The lowest BCUT2D eigenvalue weighted by Crippen LogP contribution is -2.37. The molecule has 0 radical (unpaired) electrons. The molecule has 5 nitrogen and oxygen atoms in total. The van der Waals surface area contributed by atoms with Crippen molar-refractivity contribution in [3.8, 4) is 0 Å². The van der Waals surface area contributed by atoms with Gasteiger partial charge in [0.25, 0.3) is 11.5 Å². The maximum atomic E-state index is 14.0. The Morgan fingerprint density at radius 2 is 2.16 bits per heavy atom. The summed E-state index contributed by atoms with van der Waals surface area (Å²) in [5.41, 5.74) is -0.280. The van der Waals surface area contributed by atoms with Gasteiger partial charge in [0.15, 0.2) is 4.96 Å². The fourth-order valence-corrected chi connectivity index (χ4v) is 3.39. The summed E-state index contributed by atoms with van der Waals surface area (Å²) >= 11 is 1.30. The number of hydrogen-bond donors (Lipinski definition) is 0. The van der Waals surface area contributed by atoms with Crippen LogP contribution in [-0.2, 0) is 6.54 Å². The fourth-order valence-electron chi connectivity index (χ4n) is 2.71. The number of halogens is 2. The molecule has 8 heteroatoms. The van der Waals surface area contributed by atoms with Crippen molar-refractivity contribution in [1.82, 2.24) is 14.3 Å². The van der Waals surface area contributed by atoms with E-state index in [1.807, 2.05) is 0 Å². The van der Waals surface area contributed by atoms with Crippen molar-refractivity contribution in [1.29, 1.82) is 0 Å². The number of fused-ring (bicyclic) bond motifs is 1. The highest BCUT2D eigenvalue weighted by atomic mass is 32.1. The number of nitrogens with zero attached hydrogens (tertiary/aromatic N) is 3. The zero-order chi connectivity index (χ0) is 17.6. The summed E-state index contributed by atoms with van der Waals surface area (Å²) < 4.78 is 28.4. The summed E-state index contributed by atoms with van der Waals surface area (Å²) in [5, 5.41) is 1.71. The molecule has 0 saturated heterocycles. The molecule has 0 spiro atoms. The highest BCUT2D eigenvalue weighted by molar-refractivity contribution is 7.15. The highest BCUT2D eigenvalue weighted by Gasteiger charge is 2.34.